The lowest BCUT2D eigenvalue weighted by Gasteiger charge is -2.30. The van der Waals surface area contributed by atoms with Gasteiger partial charge in [-0.3, -0.25) is 4.79 Å². The van der Waals surface area contributed by atoms with Crippen LogP contribution in [0.15, 0.2) is 18.2 Å². The fourth-order valence-corrected chi connectivity index (χ4v) is 2.52. The van der Waals surface area contributed by atoms with Gasteiger partial charge in [-0.1, -0.05) is 17.7 Å². The highest BCUT2D eigenvalue weighted by Gasteiger charge is 2.20. The van der Waals surface area contributed by atoms with Gasteiger partial charge in [0.1, 0.15) is 5.75 Å². The van der Waals surface area contributed by atoms with Crippen LogP contribution in [0.4, 0.5) is 0 Å². The molecule has 1 aromatic carbocycles. The molecule has 0 unspecified atom stereocenters. The van der Waals surface area contributed by atoms with Gasteiger partial charge in [0.15, 0.2) is 0 Å². The molecular weight excluding hydrogens is 288 g/mol. The Bertz CT molecular complexity index is 471. The number of aryl methyl sites for hydroxylation is 2. The average Bonchev–Trinajstić information content (AvgIpc) is 2.42. The Morgan fingerprint density at radius 2 is 2.00 bits per heavy atom. The molecule has 1 aliphatic rings. The zero-order chi connectivity index (χ0) is 14.5. The Morgan fingerprint density at radius 3 is 2.62 bits per heavy atom. The largest absolute Gasteiger partial charge is 0.493 e. The van der Waals surface area contributed by atoms with Crippen molar-refractivity contribution in [3.8, 4) is 5.75 Å². The van der Waals surface area contributed by atoms with Crippen LogP contribution in [0.2, 0.25) is 0 Å². The minimum absolute atomic E-state index is 0. The number of halogens is 1. The first-order valence-corrected chi connectivity index (χ1v) is 7.29. The standard InChI is InChI=1S/C16H24N2O2.ClH/c1-12-3-4-15(13(2)11-12)20-10-7-16(19)18-8-5-14(17)6-9-18;/h3-4,11,14H,5-10,17H2,1-2H3;1H. The van der Waals surface area contributed by atoms with Crippen molar-refractivity contribution in [2.45, 2.75) is 39.2 Å². The second-order valence-electron chi connectivity index (χ2n) is 5.59. The van der Waals surface area contributed by atoms with Crippen LogP contribution in [0.25, 0.3) is 0 Å². The van der Waals surface area contributed by atoms with E-state index in [1.807, 2.05) is 24.0 Å². The molecule has 0 aliphatic carbocycles. The molecule has 0 aromatic heterocycles. The number of benzene rings is 1. The van der Waals surface area contributed by atoms with Gasteiger partial charge >= 0.3 is 0 Å². The maximum atomic E-state index is 12.0. The predicted molar refractivity (Wildman–Crippen MR) is 87.1 cm³/mol. The molecule has 0 radical (unpaired) electrons. The predicted octanol–water partition coefficient (Wildman–Crippen LogP) is 2.44. The molecule has 5 heteroatoms. The third kappa shape index (κ3) is 5.21. The first-order valence-electron chi connectivity index (χ1n) is 7.29. The van der Waals surface area contributed by atoms with Crippen LogP contribution in [-0.4, -0.2) is 36.5 Å². The molecule has 4 nitrogen and oxygen atoms in total. The van der Waals surface area contributed by atoms with Crippen molar-refractivity contribution in [1.82, 2.24) is 4.90 Å². The summed E-state index contributed by atoms with van der Waals surface area (Å²) in [5.41, 5.74) is 8.17. The van der Waals surface area contributed by atoms with E-state index in [0.717, 1.165) is 37.2 Å². The van der Waals surface area contributed by atoms with E-state index < -0.39 is 0 Å². The van der Waals surface area contributed by atoms with Crippen molar-refractivity contribution in [2.24, 2.45) is 5.73 Å². The van der Waals surface area contributed by atoms with E-state index in [2.05, 4.69) is 13.0 Å². The molecule has 118 valence electrons. The van der Waals surface area contributed by atoms with Crippen molar-refractivity contribution in [2.75, 3.05) is 19.7 Å². The Hall–Kier alpha value is -1.26. The summed E-state index contributed by atoms with van der Waals surface area (Å²) < 4.78 is 5.70. The highest BCUT2D eigenvalue weighted by Crippen LogP contribution is 2.19. The number of hydrogen-bond acceptors (Lipinski definition) is 3. The van der Waals surface area contributed by atoms with Gasteiger partial charge in [0, 0.05) is 19.1 Å². The first-order chi connectivity index (χ1) is 9.56. The van der Waals surface area contributed by atoms with E-state index in [9.17, 15) is 4.79 Å². The van der Waals surface area contributed by atoms with Gasteiger partial charge in [0.05, 0.1) is 13.0 Å². The van der Waals surface area contributed by atoms with Crippen molar-refractivity contribution < 1.29 is 9.53 Å². The number of hydrogen-bond donors (Lipinski definition) is 1. The van der Waals surface area contributed by atoms with E-state index in [0.29, 0.717) is 13.0 Å². The van der Waals surface area contributed by atoms with Crippen LogP contribution in [0, 0.1) is 13.8 Å². The molecule has 21 heavy (non-hydrogen) atoms. The van der Waals surface area contributed by atoms with Gasteiger partial charge < -0.3 is 15.4 Å². The van der Waals surface area contributed by atoms with Gasteiger partial charge in [-0.2, -0.15) is 0 Å². The van der Waals surface area contributed by atoms with Crippen molar-refractivity contribution >= 4 is 18.3 Å². The SMILES string of the molecule is Cc1ccc(OCCC(=O)N2CCC(N)CC2)c(C)c1.Cl. The van der Waals surface area contributed by atoms with Gasteiger partial charge in [-0.15, -0.1) is 12.4 Å². The summed E-state index contributed by atoms with van der Waals surface area (Å²) >= 11 is 0. The topological polar surface area (TPSA) is 55.6 Å². The normalized spacial score (nSPS) is 15.5. The number of ether oxygens (including phenoxy) is 1. The van der Waals surface area contributed by atoms with Crippen molar-refractivity contribution in [1.29, 1.82) is 0 Å². The highest BCUT2D eigenvalue weighted by molar-refractivity contribution is 5.85. The lowest BCUT2D eigenvalue weighted by Crippen LogP contribution is -2.43. The van der Waals surface area contributed by atoms with E-state index in [4.69, 9.17) is 10.5 Å². The van der Waals surface area contributed by atoms with E-state index >= 15 is 0 Å². The molecule has 1 aliphatic heterocycles. The molecule has 1 heterocycles. The highest BCUT2D eigenvalue weighted by atomic mass is 35.5. The Morgan fingerprint density at radius 1 is 1.33 bits per heavy atom. The van der Waals surface area contributed by atoms with Crippen LogP contribution in [0.1, 0.15) is 30.4 Å². The third-order valence-electron chi connectivity index (χ3n) is 3.80. The summed E-state index contributed by atoms with van der Waals surface area (Å²) in [5.74, 6) is 1.03. The smallest absolute Gasteiger partial charge is 0.225 e. The maximum absolute atomic E-state index is 12.0. The van der Waals surface area contributed by atoms with Gasteiger partial charge in [-0.05, 0) is 38.3 Å². The summed E-state index contributed by atoms with van der Waals surface area (Å²) in [7, 11) is 0. The summed E-state index contributed by atoms with van der Waals surface area (Å²) in [5, 5.41) is 0. The fraction of sp³-hybridized carbons (Fsp3) is 0.562. The number of likely N-dealkylation sites (tertiary alicyclic amines) is 1. The van der Waals surface area contributed by atoms with Crippen LogP contribution < -0.4 is 10.5 Å². The quantitative estimate of drug-likeness (QED) is 0.929. The van der Waals surface area contributed by atoms with E-state index in [1.54, 1.807) is 0 Å². The minimum Gasteiger partial charge on any atom is -0.493 e. The number of carbonyl (C=O) groups is 1. The average molecular weight is 313 g/mol. The molecule has 2 N–H and O–H groups in total. The third-order valence-corrected chi connectivity index (χ3v) is 3.80. The molecule has 0 atom stereocenters. The summed E-state index contributed by atoms with van der Waals surface area (Å²) in [6.07, 6.45) is 2.25. The monoisotopic (exact) mass is 312 g/mol. The van der Waals surface area contributed by atoms with Crippen molar-refractivity contribution in [3.05, 3.63) is 29.3 Å². The maximum Gasteiger partial charge on any atom is 0.225 e. The number of piperidine rings is 1. The fourth-order valence-electron chi connectivity index (χ4n) is 2.52. The summed E-state index contributed by atoms with van der Waals surface area (Å²) in [6, 6.07) is 6.33. The van der Waals surface area contributed by atoms with E-state index in [1.165, 1.54) is 5.56 Å². The van der Waals surface area contributed by atoms with Crippen LogP contribution in [-0.2, 0) is 4.79 Å². The second-order valence-corrected chi connectivity index (χ2v) is 5.59. The molecule has 1 saturated heterocycles. The molecule has 0 bridgehead atoms. The number of nitrogens with zero attached hydrogens (tertiary/aromatic N) is 1. The number of rotatable bonds is 4. The Balaban J connectivity index is 0.00000220. The number of carbonyl (C=O) groups excluding carboxylic acids is 1. The van der Waals surface area contributed by atoms with Crippen LogP contribution in [0.5, 0.6) is 5.75 Å². The van der Waals surface area contributed by atoms with Crippen LogP contribution in [0.3, 0.4) is 0 Å². The minimum atomic E-state index is 0. The molecule has 0 saturated carbocycles. The van der Waals surface area contributed by atoms with E-state index in [-0.39, 0.29) is 24.4 Å². The molecule has 1 aromatic rings. The first kappa shape index (κ1) is 17.8. The number of nitrogens with two attached hydrogens (primary N) is 1. The molecule has 0 spiro atoms. The number of amides is 1. The van der Waals surface area contributed by atoms with Crippen molar-refractivity contribution in [3.63, 3.8) is 0 Å². The van der Waals surface area contributed by atoms with Gasteiger partial charge in [0.25, 0.3) is 0 Å². The molecule has 1 fully saturated rings. The zero-order valence-electron chi connectivity index (χ0n) is 12.8. The lowest BCUT2D eigenvalue weighted by molar-refractivity contribution is -0.132. The second kappa shape index (κ2) is 8.25. The Labute approximate surface area is 133 Å². The molecule has 1 amide bonds. The summed E-state index contributed by atoms with van der Waals surface area (Å²) in [4.78, 5) is 13.9. The van der Waals surface area contributed by atoms with Crippen LogP contribution >= 0.6 is 12.4 Å². The lowest BCUT2D eigenvalue weighted by atomic mass is 10.1. The zero-order valence-corrected chi connectivity index (χ0v) is 13.6. The Kier molecular flexibility index (Phi) is 6.99. The molecular formula is C16H25ClN2O2. The van der Waals surface area contributed by atoms with Gasteiger partial charge in [-0.25, -0.2) is 0 Å². The molecule has 2 rings (SSSR count). The summed E-state index contributed by atoms with van der Waals surface area (Å²) in [6.45, 7) is 6.08. The van der Waals surface area contributed by atoms with Gasteiger partial charge in [0.2, 0.25) is 5.91 Å².